The lowest BCUT2D eigenvalue weighted by molar-refractivity contribution is -0.124. The second-order valence-electron chi connectivity index (χ2n) is 4.91. The topological polar surface area (TPSA) is 65.4 Å². The van der Waals surface area contributed by atoms with Crippen LogP contribution >= 0.6 is 15.9 Å². The fourth-order valence-corrected chi connectivity index (χ4v) is 2.69. The lowest BCUT2D eigenvalue weighted by Gasteiger charge is -2.32. The van der Waals surface area contributed by atoms with Crippen molar-refractivity contribution in [3.05, 3.63) is 34.3 Å². The maximum atomic E-state index is 11.8. The third-order valence-electron chi connectivity index (χ3n) is 3.30. The SMILES string of the molecule is N#CCCNC(=O)CN1CCO[C@@H](c2cccc(Br)c2)C1. The van der Waals surface area contributed by atoms with E-state index in [0.717, 1.165) is 16.6 Å². The van der Waals surface area contributed by atoms with Gasteiger partial charge in [-0.05, 0) is 17.7 Å². The minimum absolute atomic E-state index is 0.0110. The Bertz CT molecular complexity index is 530. The molecule has 1 atom stereocenters. The highest BCUT2D eigenvalue weighted by Crippen LogP contribution is 2.24. The molecule has 0 radical (unpaired) electrons. The van der Waals surface area contributed by atoms with Gasteiger partial charge < -0.3 is 10.1 Å². The molecule has 1 heterocycles. The predicted molar refractivity (Wildman–Crippen MR) is 82.5 cm³/mol. The smallest absolute Gasteiger partial charge is 0.234 e. The molecule has 1 N–H and O–H groups in total. The number of hydrogen-bond acceptors (Lipinski definition) is 4. The van der Waals surface area contributed by atoms with Crippen molar-refractivity contribution in [1.29, 1.82) is 5.26 Å². The Kier molecular flexibility index (Phi) is 6.18. The number of carbonyl (C=O) groups excluding carboxylic acids is 1. The molecule has 112 valence electrons. The van der Waals surface area contributed by atoms with Gasteiger partial charge >= 0.3 is 0 Å². The standard InChI is InChI=1S/C15H18BrN3O2/c16-13-4-1-3-12(9-13)14-10-19(7-8-21-14)11-15(20)18-6-2-5-17/h1,3-4,9,14H,2,6-8,10-11H2,(H,18,20)/t14-/m1/s1. The van der Waals surface area contributed by atoms with E-state index in [1.807, 2.05) is 30.3 Å². The average molecular weight is 352 g/mol. The van der Waals surface area contributed by atoms with Gasteiger partial charge in [0.1, 0.15) is 0 Å². The lowest BCUT2D eigenvalue weighted by Crippen LogP contribution is -2.44. The van der Waals surface area contributed by atoms with Crippen LogP contribution in [0.4, 0.5) is 0 Å². The Hall–Kier alpha value is -1.42. The molecule has 6 heteroatoms. The molecule has 1 saturated heterocycles. The average Bonchev–Trinajstić information content (AvgIpc) is 2.48. The summed E-state index contributed by atoms with van der Waals surface area (Å²) < 4.78 is 6.82. The Morgan fingerprint density at radius 1 is 1.57 bits per heavy atom. The highest BCUT2D eigenvalue weighted by atomic mass is 79.9. The summed E-state index contributed by atoms with van der Waals surface area (Å²) in [6.07, 6.45) is 0.332. The van der Waals surface area contributed by atoms with Crippen molar-refractivity contribution in [3.63, 3.8) is 0 Å². The zero-order valence-corrected chi connectivity index (χ0v) is 13.3. The van der Waals surface area contributed by atoms with Crippen LogP contribution in [0, 0.1) is 11.3 Å². The number of ether oxygens (including phenoxy) is 1. The molecule has 0 aromatic heterocycles. The van der Waals surface area contributed by atoms with Gasteiger partial charge in [-0.2, -0.15) is 5.26 Å². The summed E-state index contributed by atoms with van der Waals surface area (Å²) in [5.74, 6) is -0.0415. The second kappa shape index (κ2) is 8.13. The number of amides is 1. The van der Waals surface area contributed by atoms with Gasteiger partial charge in [-0.3, -0.25) is 9.69 Å². The van der Waals surface area contributed by atoms with Gasteiger partial charge in [-0.1, -0.05) is 28.1 Å². The molecule has 0 bridgehead atoms. The number of rotatable bonds is 5. The summed E-state index contributed by atoms with van der Waals surface area (Å²) in [6.45, 7) is 2.81. The first-order valence-corrected chi connectivity index (χ1v) is 7.71. The highest BCUT2D eigenvalue weighted by Gasteiger charge is 2.23. The molecular weight excluding hydrogens is 334 g/mol. The van der Waals surface area contributed by atoms with Gasteiger partial charge in [0.25, 0.3) is 0 Å². The fraction of sp³-hybridized carbons (Fsp3) is 0.467. The normalized spacial score (nSPS) is 19.0. The van der Waals surface area contributed by atoms with Crippen LogP contribution in [0.2, 0.25) is 0 Å². The number of hydrogen-bond donors (Lipinski definition) is 1. The monoisotopic (exact) mass is 351 g/mol. The molecular formula is C15H18BrN3O2. The van der Waals surface area contributed by atoms with E-state index < -0.39 is 0 Å². The molecule has 5 nitrogen and oxygen atoms in total. The van der Waals surface area contributed by atoms with Crippen molar-refractivity contribution in [1.82, 2.24) is 10.2 Å². The van der Waals surface area contributed by atoms with Crippen LogP contribution in [0.3, 0.4) is 0 Å². The van der Waals surface area contributed by atoms with Crippen molar-refractivity contribution < 1.29 is 9.53 Å². The first-order chi connectivity index (χ1) is 10.2. The second-order valence-corrected chi connectivity index (χ2v) is 5.82. The van der Waals surface area contributed by atoms with Crippen LogP contribution in [0.1, 0.15) is 18.1 Å². The summed E-state index contributed by atoms with van der Waals surface area (Å²) >= 11 is 3.46. The highest BCUT2D eigenvalue weighted by molar-refractivity contribution is 9.10. The Labute approximate surface area is 133 Å². The lowest BCUT2D eigenvalue weighted by atomic mass is 10.1. The van der Waals surface area contributed by atoms with Gasteiger partial charge in [-0.25, -0.2) is 0 Å². The van der Waals surface area contributed by atoms with E-state index in [4.69, 9.17) is 10.00 Å². The number of halogens is 1. The van der Waals surface area contributed by atoms with Crippen LogP contribution < -0.4 is 5.32 Å². The van der Waals surface area contributed by atoms with E-state index in [1.54, 1.807) is 0 Å². The van der Waals surface area contributed by atoms with E-state index in [2.05, 4.69) is 26.1 Å². The van der Waals surface area contributed by atoms with Crippen LogP contribution in [-0.2, 0) is 9.53 Å². The van der Waals surface area contributed by atoms with Gasteiger partial charge in [0.2, 0.25) is 5.91 Å². The zero-order valence-electron chi connectivity index (χ0n) is 11.7. The maximum absolute atomic E-state index is 11.8. The third kappa shape index (κ3) is 5.12. The quantitative estimate of drug-likeness (QED) is 0.822. The zero-order chi connectivity index (χ0) is 15.1. The van der Waals surface area contributed by atoms with Crippen molar-refractivity contribution >= 4 is 21.8 Å². The number of nitriles is 1. The third-order valence-corrected chi connectivity index (χ3v) is 3.79. The van der Waals surface area contributed by atoms with Crippen molar-refractivity contribution in [3.8, 4) is 6.07 Å². The summed E-state index contributed by atoms with van der Waals surface area (Å²) in [5, 5.41) is 11.2. The molecule has 21 heavy (non-hydrogen) atoms. The Balaban J connectivity index is 1.86. The van der Waals surface area contributed by atoms with Crippen LogP contribution in [0.5, 0.6) is 0 Å². The van der Waals surface area contributed by atoms with Crippen molar-refractivity contribution in [2.24, 2.45) is 0 Å². The summed E-state index contributed by atoms with van der Waals surface area (Å²) in [7, 11) is 0. The van der Waals surface area contributed by atoms with Gasteiger partial charge in [-0.15, -0.1) is 0 Å². The summed E-state index contributed by atoms with van der Waals surface area (Å²) in [6, 6.07) is 10.0. The molecule has 1 aromatic rings. The minimum Gasteiger partial charge on any atom is -0.371 e. The molecule has 2 rings (SSSR count). The van der Waals surface area contributed by atoms with E-state index in [9.17, 15) is 4.79 Å². The number of nitrogens with zero attached hydrogens (tertiary/aromatic N) is 2. The van der Waals surface area contributed by atoms with E-state index in [0.29, 0.717) is 32.7 Å². The summed E-state index contributed by atoms with van der Waals surface area (Å²) in [5.41, 5.74) is 1.11. The molecule has 1 fully saturated rings. The predicted octanol–water partition coefficient (Wildman–Crippen LogP) is 1.85. The van der Waals surface area contributed by atoms with Crippen molar-refractivity contribution in [2.75, 3.05) is 32.8 Å². The fourth-order valence-electron chi connectivity index (χ4n) is 2.27. The van der Waals surface area contributed by atoms with Gasteiger partial charge in [0.15, 0.2) is 0 Å². The van der Waals surface area contributed by atoms with Gasteiger partial charge in [0, 0.05) is 24.1 Å². The molecule has 1 aliphatic rings. The molecule has 0 unspecified atom stereocenters. The molecule has 1 aliphatic heterocycles. The number of morpholine rings is 1. The number of carbonyl (C=O) groups is 1. The molecule has 1 amide bonds. The molecule has 0 saturated carbocycles. The first-order valence-electron chi connectivity index (χ1n) is 6.92. The van der Waals surface area contributed by atoms with Crippen molar-refractivity contribution in [2.45, 2.75) is 12.5 Å². The van der Waals surface area contributed by atoms with Crippen LogP contribution in [-0.4, -0.2) is 43.6 Å². The Morgan fingerprint density at radius 2 is 2.43 bits per heavy atom. The van der Waals surface area contributed by atoms with Crippen LogP contribution in [0.25, 0.3) is 0 Å². The van der Waals surface area contributed by atoms with E-state index in [-0.39, 0.29) is 12.0 Å². The summed E-state index contributed by atoms with van der Waals surface area (Å²) in [4.78, 5) is 13.9. The molecule has 1 aromatic carbocycles. The van der Waals surface area contributed by atoms with E-state index >= 15 is 0 Å². The van der Waals surface area contributed by atoms with Gasteiger partial charge in [0.05, 0.1) is 31.7 Å². The molecule has 0 spiro atoms. The number of nitrogens with one attached hydrogen (secondary N) is 1. The Morgan fingerprint density at radius 3 is 3.19 bits per heavy atom. The molecule has 0 aliphatic carbocycles. The minimum atomic E-state index is -0.0415. The van der Waals surface area contributed by atoms with E-state index in [1.165, 1.54) is 0 Å². The van der Waals surface area contributed by atoms with Crippen LogP contribution in [0.15, 0.2) is 28.7 Å². The first kappa shape index (κ1) is 16.0. The largest absolute Gasteiger partial charge is 0.371 e. The maximum Gasteiger partial charge on any atom is 0.234 e. The number of benzene rings is 1.